The van der Waals surface area contributed by atoms with Crippen LogP contribution in [0.2, 0.25) is 5.02 Å². The number of amides is 2. The number of carbonyl (C=O) groups is 2. The largest absolute Gasteiger partial charge is 0.493 e. The molecule has 32 heavy (non-hydrogen) atoms. The van der Waals surface area contributed by atoms with Crippen molar-refractivity contribution in [3.8, 4) is 11.5 Å². The summed E-state index contributed by atoms with van der Waals surface area (Å²) in [5.74, 6) is 0.130. The number of benzene rings is 2. The number of hydrogen-bond donors (Lipinski definition) is 0. The fourth-order valence-corrected chi connectivity index (χ4v) is 5.29. The first-order valence-corrected chi connectivity index (χ1v) is 11.0. The van der Waals surface area contributed by atoms with Gasteiger partial charge >= 0.3 is 0 Å². The highest BCUT2D eigenvalue weighted by Crippen LogP contribution is 2.52. The molecule has 2 fully saturated rings. The molecule has 0 unspecified atom stereocenters. The van der Waals surface area contributed by atoms with Gasteiger partial charge in [0, 0.05) is 16.7 Å². The number of nitrogens with zero attached hydrogens (tertiary/aromatic N) is 2. The molecule has 5 rings (SSSR count). The average molecular weight is 451 g/mol. The molecule has 6 nitrogen and oxygen atoms in total. The summed E-state index contributed by atoms with van der Waals surface area (Å²) in [6, 6.07) is 11.3. The van der Waals surface area contributed by atoms with Crippen LogP contribution in [-0.4, -0.2) is 30.1 Å². The Morgan fingerprint density at radius 3 is 2.50 bits per heavy atom. The molecular weight excluding hydrogens is 428 g/mol. The lowest BCUT2D eigenvalue weighted by Crippen LogP contribution is -2.28. The predicted octanol–water partition coefficient (Wildman–Crippen LogP) is 4.38. The highest BCUT2D eigenvalue weighted by atomic mass is 35.5. The van der Waals surface area contributed by atoms with E-state index in [-0.39, 0.29) is 35.5 Å². The van der Waals surface area contributed by atoms with Gasteiger partial charge in [-0.3, -0.25) is 9.59 Å². The van der Waals surface area contributed by atoms with Gasteiger partial charge in [-0.1, -0.05) is 53.6 Å². The summed E-state index contributed by atoms with van der Waals surface area (Å²) < 4.78 is 11.5. The SMILES string of the molecule is COc1cc(Cl)cc(C=NN2C(=O)[C@@H]3[C@H](C2=O)[C@H]2C=C[C@H]3C2)c1OCc1cccc(C)c1. The van der Waals surface area contributed by atoms with E-state index in [2.05, 4.69) is 17.3 Å². The number of hydrogen-bond acceptors (Lipinski definition) is 5. The van der Waals surface area contributed by atoms with Gasteiger partial charge in [-0.2, -0.15) is 10.1 Å². The van der Waals surface area contributed by atoms with Crippen molar-refractivity contribution in [2.24, 2.45) is 28.8 Å². The number of fused-ring (bicyclic) bond motifs is 5. The maximum Gasteiger partial charge on any atom is 0.254 e. The number of methoxy groups -OCH3 is 1. The Hall–Kier alpha value is -3.12. The summed E-state index contributed by atoms with van der Waals surface area (Å²) in [5.41, 5.74) is 2.67. The standard InChI is InChI=1S/C25H23ClN2O4/c1-14-4-3-5-15(8-14)13-32-23-18(10-19(26)11-20(23)31-2)12-27-28-24(29)21-16-6-7-17(9-16)22(21)25(28)30/h3-8,10-12,16-17,21-22H,9,13H2,1-2H3/t16-,17-,21-,22+/m0/s1. The zero-order chi connectivity index (χ0) is 22.4. The lowest BCUT2D eigenvalue weighted by Gasteiger charge is -2.15. The van der Waals surface area contributed by atoms with E-state index in [0.29, 0.717) is 28.7 Å². The van der Waals surface area contributed by atoms with Crippen LogP contribution < -0.4 is 9.47 Å². The van der Waals surface area contributed by atoms with Crippen molar-refractivity contribution < 1.29 is 19.1 Å². The maximum absolute atomic E-state index is 12.9. The Bertz CT molecular complexity index is 1130. The van der Waals surface area contributed by atoms with Gasteiger partial charge in [0.05, 0.1) is 25.2 Å². The summed E-state index contributed by atoms with van der Waals surface area (Å²) in [4.78, 5) is 25.8. The average Bonchev–Trinajstić information content (AvgIpc) is 3.45. The Balaban J connectivity index is 1.42. The fourth-order valence-electron chi connectivity index (χ4n) is 5.07. The van der Waals surface area contributed by atoms with Gasteiger partial charge in [0.15, 0.2) is 11.5 Å². The fraction of sp³-hybridized carbons (Fsp3) is 0.320. The molecule has 3 aliphatic rings. The number of carbonyl (C=O) groups excluding carboxylic acids is 2. The number of aryl methyl sites for hydroxylation is 1. The Morgan fingerprint density at radius 1 is 1.12 bits per heavy atom. The molecule has 2 aliphatic carbocycles. The van der Waals surface area contributed by atoms with Crippen LogP contribution in [0.4, 0.5) is 0 Å². The topological polar surface area (TPSA) is 68.2 Å². The van der Waals surface area contributed by atoms with Gasteiger partial charge < -0.3 is 9.47 Å². The van der Waals surface area contributed by atoms with E-state index < -0.39 is 0 Å². The molecule has 1 aliphatic heterocycles. The maximum atomic E-state index is 12.9. The molecule has 2 amide bonds. The van der Waals surface area contributed by atoms with Gasteiger partial charge in [-0.05, 0) is 36.8 Å². The minimum absolute atomic E-state index is 0.140. The third kappa shape index (κ3) is 3.48. The van der Waals surface area contributed by atoms with Gasteiger partial charge in [0.25, 0.3) is 11.8 Å². The number of imide groups is 1. The third-order valence-electron chi connectivity index (χ3n) is 6.49. The molecule has 0 aromatic heterocycles. The van der Waals surface area contributed by atoms with Crippen molar-refractivity contribution in [2.45, 2.75) is 20.0 Å². The molecule has 2 aromatic rings. The van der Waals surface area contributed by atoms with E-state index in [1.807, 2.05) is 31.2 Å². The minimum atomic E-state index is -0.291. The molecule has 0 N–H and O–H groups in total. The summed E-state index contributed by atoms with van der Waals surface area (Å²) in [7, 11) is 1.53. The molecule has 7 heteroatoms. The summed E-state index contributed by atoms with van der Waals surface area (Å²) >= 11 is 6.26. The number of ether oxygens (including phenoxy) is 2. The van der Waals surface area contributed by atoms with Crippen LogP contribution >= 0.6 is 11.6 Å². The number of rotatable bonds is 6. The van der Waals surface area contributed by atoms with Crippen molar-refractivity contribution in [1.29, 1.82) is 0 Å². The smallest absolute Gasteiger partial charge is 0.254 e. The summed E-state index contributed by atoms with van der Waals surface area (Å²) in [6.07, 6.45) is 6.45. The van der Waals surface area contributed by atoms with Crippen LogP contribution in [0.5, 0.6) is 11.5 Å². The van der Waals surface area contributed by atoms with Crippen LogP contribution in [0.3, 0.4) is 0 Å². The number of halogens is 1. The van der Waals surface area contributed by atoms with Gasteiger partial charge in [0.1, 0.15) is 6.61 Å². The zero-order valence-electron chi connectivity index (χ0n) is 17.8. The molecule has 0 spiro atoms. The Labute approximate surface area is 191 Å². The van der Waals surface area contributed by atoms with Crippen molar-refractivity contribution in [3.63, 3.8) is 0 Å². The van der Waals surface area contributed by atoms with Crippen LogP contribution in [-0.2, 0) is 16.2 Å². The molecule has 2 aromatic carbocycles. The molecule has 2 bridgehead atoms. The molecular formula is C25H23ClN2O4. The molecule has 1 heterocycles. The Morgan fingerprint density at radius 2 is 1.84 bits per heavy atom. The zero-order valence-corrected chi connectivity index (χ0v) is 18.6. The van der Waals surface area contributed by atoms with Crippen LogP contribution in [0.25, 0.3) is 0 Å². The lowest BCUT2D eigenvalue weighted by atomic mass is 9.85. The van der Waals surface area contributed by atoms with E-state index in [1.165, 1.54) is 13.3 Å². The Kier molecular flexibility index (Phi) is 5.25. The van der Waals surface area contributed by atoms with E-state index in [1.54, 1.807) is 12.1 Å². The molecule has 1 saturated heterocycles. The van der Waals surface area contributed by atoms with Crippen molar-refractivity contribution in [2.75, 3.05) is 7.11 Å². The van der Waals surface area contributed by atoms with E-state index >= 15 is 0 Å². The lowest BCUT2D eigenvalue weighted by molar-refractivity contribution is -0.140. The molecule has 4 atom stereocenters. The monoisotopic (exact) mass is 450 g/mol. The van der Waals surface area contributed by atoms with Crippen molar-refractivity contribution in [3.05, 3.63) is 70.3 Å². The van der Waals surface area contributed by atoms with Crippen molar-refractivity contribution >= 4 is 29.6 Å². The summed E-state index contributed by atoms with van der Waals surface area (Å²) in [5, 5.41) is 5.72. The van der Waals surface area contributed by atoms with E-state index in [0.717, 1.165) is 22.6 Å². The summed E-state index contributed by atoms with van der Waals surface area (Å²) in [6.45, 7) is 2.34. The normalized spacial score (nSPS) is 25.8. The molecule has 1 saturated carbocycles. The first kappa shape index (κ1) is 20.8. The first-order chi connectivity index (χ1) is 15.5. The van der Waals surface area contributed by atoms with Gasteiger partial charge in [-0.15, -0.1) is 0 Å². The second kappa shape index (κ2) is 8.10. The first-order valence-electron chi connectivity index (χ1n) is 10.6. The highest BCUT2D eigenvalue weighted by molar-refractivity contribution is 6.31. The molecule has 164 valence electrons. The third-order valence-corrected chi connectivity index (χ3v) is 6.71. The second-order valence-electron chi connectivity index (χ2n) is 8.54. The quantitative estimate of drug-likeness (QED) is 0.372. The van der Waals surface area contributed by atoms with E-state index in [9.17, 15) is 9.59 Å². The van der Waals surface area contributed by atoms with Crippen LogP contribution in [0.1, 0.15) is 23.1 Å². The highest BCUT2D eigenvalue weighted by Gasteiger charge is 2.59. The van der Waals surface area contributed by atoms with Gasteiger partial charge in [0.2, 0.25) is 0 Å². The minimum Gasteiger partial charge on any atom is -0.493 e. The van der Waals surface area contributed by atoms with E-state index in [4.69, 9.17) is 21.1 Å². The second-order valence-corrected chi connectivity index (χ2v) is 8.97. The van der Waals surface area contributed by atoms with Crippen LogP contribution in [0, 0.1) is 30.6 Å². The number of allylic oxidation sites excluding steroid dienone is 2. The van der Waals surface area contributed by atoms with Crippen molar-refractivity contribution in [1.82, 2.24) is 5.01 Å². The predicted molar refractivity (Wildman–Crippen MR) is 121 cm³/mol. The van der Waals surface area contributed by atoms with Gasteiger partial charge in [-0.25, -0.2) is 0 Å². The molecule has 0 radical (unpaired) electrons. The number of hydrazone groups is 1. The van der Waals surface area contributed by atoms with Crippen LogP contribution in [0.15, 0.2) is 53.7 Å².